The largest absolute Gasteiger partial charge is 0.313 e. The van der Waals surface area contributed by atoms with Gasteiger partial charge in [-0.05, 0) is 44.2 Å². The molecule has 0 aromatic heterocycles. The van der Waals surface area contributed by atoms with E-state index in [0.717, 1.165) is 17.9 Å². The van der Waals surface area contributed by atoms with Gasteiger partial charge in [-0.3, -0.25) is 0 Å². The summed E-state index contributed by atoms with van der Waals surface area (Å²) in [6.07, 6.45) is 4.08. The van der Waals surface area contributed by atoms with E-state index >= 15 is 0 Å². The molecule has 14 heavy (non-hydrogen) atoms. The molecule has 1 aliphatic carbocycles. The van der Waals surface area contributed by atoms with E-state index < -0.39 is 0 Å². The average Bonchev–Trinajstić information content (AvgIpc) is 2.90. The van der Waals surface area contributed by atoms with Crippen LogP contribution < -0.4 is 5.32 Å². The summed E-state index contributed by atoms with van der Waals surface area (Å²) in [6.45, 7) is 9.85. The molecule has 2 aliphatic rings. The molecule has 0 aromatic rings. The van der Waals surface area contributed by atoms with Gasteiger partial charge in [0.25, 0.3) is 0 Å². The summed E-state index contributed by atoms with van der Waals surface area (Å²) in [7, 11) is 0. The van der Waals surface area contributed by atoms with E-state index in [1.54, 1.807) is 0 Å². The lowest BCUT2D eigenvalue weighted by Crippen LogP contribution is -2.38. The van der Waals surface area contributed by atoms with Crippen molar-refractivity contribution in [2.45, 2.75) is 39.2 Å². The Morgan fingerprint density at radius 1 is 1.43 bits per heavy atom. The van der Waals surface area contributed by atoms with Crippen LogP contribution in [0.1, 0.15) is 33.1 Å². The van der Waals surface area contributed by atoms with Crippen molar-refractivity contribution >= 4 is 0 Å². The number of nitrogens with one attached hydrogen (secondary N) is 1. The van der Waals surface area contributed by atoms with Crippen LogP contribution >= 0.6 is 0 Å². The molecule has 1 aliphatic heterocycles. The highest BCUT2D eigenvalue weighted by Crippen LogP contribution is 2.38. The predicted octanol–water partition coefficient (Wildman–Crippen LogP) is 1.72. The van der Waals surface area contributed by atoms with Crippen molar-refractivity contribution in [3.63, 3.8) is 0 Å². The first-order valence-corrected chi connectivity index (χ1v) is 6.25. The van der Waals surface area contributed by atoms with Crippen LogP contribution in [0.15, 0.2) is 0 Å². The summed E-state index contributed by atoms with van der Waals surface area (Å²) < 4.78 is 0. The third-order valence-electron chi connectivity index (χ3n) is 3.82. The molecule has 2 nitrogen and oxygen atoms in total. The zero-order valence-corrected chi connectivity index (χ0v) is 9.63. The fourth-order valence-electron chi connectivity index (χ4n) is 2.50. The van der Waals surface area contributed by atoms with Gasteiger partial charge in [0.1, 0.15) is 0 Å². The van der Waals surface area contributed by atoms with Crippen LogP contribution in [0.3, 0.4) is 0 Å². The minimum atomic E-state index is 0.742. The Morgan fingerprint density at radius 3 is 2.86 bits per heavy atom. The van der Waals surface area contributed by atoms with E-state index in [1.165, 1.54) is 45.4 Å². The summed E-state index contributed by atoms with van der Waals surface area (Å²) in [5, 5.41) is 3.62. The average molecular weight is 196 g/mol. The van der Waals surface area contributed by atoms with Crippen LogP contribution in [0, 0.1) is 11.8 Å². The van der Waals surface area contributed by atoms with Crippen molar-refractivity contribution in [2.24, 2.45) is 11.8 Å². The van der Waals surface area contributed by atoms with Crippen molar-refractivity contribution in [1.82, 2.24) is 10.2 Å². The normalized spacial score (nSPS) is 39.4. The first-order chi connectivity index (χ1) is 6.79. The molecule has 1 saturated heterocycles. The van der Waals surface area contributed by atoms with E-state index in [0.29, 0.717) is 0 Å². The second kappa shape index (κ2) is 4.63. The smallest absolute Gasteiger partial charge is 0.0192 e. The fourth-order valence-corrected chi connectivity index (χ4v) is 2.50. The second-order valence-corrected chi connectivity index (χ2v) is 5.15. The molecule has 0 amide bonds. The van der Waals surface area contributed by atoms with Gasteiger partial charge < -0.3 is 10.2 Å². The highest BCUT2D eigenvalue weighted by Gasteiger charge is 2.34. The second-order valence-electron chi connectivity index (χ2n) is 5.15. The number of rotatable bonds is 3. The third kappa shape index (κ3) is 2.71. The van der Waals surface area contributed by atoms with Crippen molar-refractivity contribution in [3.8, 4) is 0 Å². The van der Waals surface area contributed by atoms with Gasteiger partial charge in [0.15, 0.2) is 0 Å². The van der Waals surface area contributed by atoms with Gasteiger partial charge in [-0.25, -0.2) is 0 Å². The predicted molar refractivity (Wildman–Crippen MR) is 60.4 cm³/mol. The third-order valence-corrected chi connectivity index (χ3v) is 3.82. The Hall–Kier alpha value is -0.0800. The summed E-state index contributed by atoms with van der Waals surface area (Å²) >= 11 is 0. The molecule has 2 heteroatoms. The summed E-state index contributed by atoms with van der Waals surface area (Å²) in [4.78, 5) is 2.68. The van der Waals surface area contributed by atoms with Crippen molar-refractivity contribution < 1.29 is 0 Å². The molecule has 0 spiro atoms. The van der Waals surface area contributed by atoms with Gasteiger partial charge in [-0.2, -0.15) is 0 Å². The molecule has 2 rings (SSSR count). The number of hydrogen-bond acceptors (Lipinski definition) is 2. The minimum absolute atomic E-state index is 0.742. The molecular formula is C12H24N2. The lowest BCUT2D eigenvalue weighted by molar-refractivity contribution is 0.252. The zero-order valence-electron chi connectivity index (χ0n) is 9.63. The van der Waals surface area contributed by atoms with Crippen LogP contribution in [-0.2, 0) is 0 Å². The van der Waals surface area contributed by atoms with Gasteiger partial charge >= 0.3 is 0 Å². The Bertz CT molecular complexity index is 181. The fraction of sp³-hybridized carbons (Fsp3) is 1.00. The lowest BCUT2D eigenvalue weighted by atomic mass is 10.2. The summed E-state index contributed by atoms with van der Waals surface area (Å²) in [6, 6.07) is 0.742. The maximum Gasteiger partial charge on any atom is 0.0192 e. The molecule has 0 aromatic carbocycles. The maximum absolute atomic E-state index is 3.62. The molecule has 1 saturated carbocycles. The Labute approximate surface area is 88.1 Å². The van der Waals surface area contributed by atoms with Crippen molar-refractivity contribution in [1.29, 1.82) is 0 Å². The van der Waals surface area contributed by atoms with E-state index in [1.807, 2.05) is 0 Å². The lowest BCUT2D eigenvalue weighted by Gasteiger charge is -2.23. The first kappa shape index (κ1) is 10.4. The Kier molecular flexibility index (Phi) is 3.45. The van der Waals surface area contributed by atoms with Crippen molar-refractivity contribution in [2.75, 3.05) is 26.2 Å². The highest BCUT2D eigenvalue weighted by atomic mass is 15.2. The molecule has 3 unspecified atom stereocenters. The SMILES string of the molecule is CCC1CN(CC2CC2C)CCCN1. The summed E-state index contributed by atoms with van der Waals surface area (Å²) in [5.74, 6) is 2.02. The molecule has 1 heterocycles. The van der Waals surface area contributed by atoms with E-state index in [9.17, 15) is 0 Å². The van der Waals surface area contributed by atoms with Crippen LogP contribution in [0.25, 0.3) is 0 Å². The quantitative estimate of drug-likeness (QED) is 0.739. The van der Waals surface area contributed by atoms with Crippen LogP contribution in [0.4, 0.5) is 0 Å². The topological polar surface area (TPSA) is 15.3 Å². The van der Waals surface area contributed by atoms with E-state index in [-0.39, 0.29) is 0 Å². The molecular weight excluding hydrogens is 172 g/mol. The van der Waals surface area contributed by atoms with Gasteiger partial charge in [0, 0.05) is 19.1 Å². The maximum atomic E-state index is 3.62. The number of hydrogen-bond donors (Lipinski definition) is 1. The Balaban J connectivity index is 1.77. The monoisotopic (exact) mass is 196 g/mol. The Morgan fingerprint density at radius 2 is 2.21 bits per heavy atom. The molecule has 3 atom stereocenters. The van der Waals surface area contributed by atoms with Gasteiger partial charge in [0.2, 0.25) is 0 Å². The summed E-state index contributed by atoms with van der Waals surface area (Å²) in [5.41, 5.74) is 0. The molecule has 2 fully saturated rings. The molecule has 0 bridgehead atoms. The molecule has 82 valence electrons. The van der Waals surface area contributed by atoms with Crippen LogP contribution in [0.2, 0.25) is 0 Å². The van der Waals surface area contributed by atoms with Gasteiger partial charge in [-0.15, -0.1) is 0 Å². The number of nitrogens with zero attached hydrogens (tertiary/aromatic N) is 1. The molecule has 0 radical (unpaired) electrons. The highest BCUT2D eigenvalue weighted by molar-refractivity contribution is 4.87. The molecule has 1 N–H and O–H groups in total. The van der Waals surface area contributed by atoms with Crippen LogP contribution in [0.5, 0.6) is 0 Å². The minimum Gasteiger partial charge on any atom is -0.313 e. The standard InChI is InChI=1S/C12H24N2/c1-3-12-9-14(6-4-5-13-12)8-11-7-10(11)2/h10-13H,3-9H2,1-2H3. The van der Waals surface area contributed by atoms with Crippen molar-refractivity contribution in [3.05, 3.63) is 0 Å². The first-order valence-electron chi connectivity index (χ1n) is 6.25. The van der Waals surface area contributed by atoms with E-state index in [4.69, 9.17) is 0 Å². The van der Waals surface area contributed by atoms with Gasteiger partial charge in [0.05, 0.1) is 0 Å². The van der Waals surface area contributed by atoms with E-state index in [2.05, 4.69) is 24.1 Å². The van der Waals surface area contributed by atoms with Gasteiger partial charge in [-0.1, -0.05) is 13.8 Å². The zero-order chi connectivity index (χ0) is 9.97. The van der Waals surface area contributed by atoms with Crippen LogP contribution in [-0.4, -0.2) is 37.1 Å².